The number of esters is 1. The van der Waals surface area contributed by atoms with E-state index in [2.05, 4.69) is 20.4 Å². The van der Waals surface area contributed by atoms with Gasteiger partial charge in [0.25, 0.3) is 5.91 Å². The van der Waals surface area contributed by atoms with Crippen molar-refractivity contribution in [1.82, 2.24) is 4.98 Å². The summed E-state index contributed by atoms with van der Waals surface area (Å²) in [6, 6.07) is 16.0. The first-order valence-corrected chi connectivity index (χ1v) is 8.49. The Balaban J connectivity index is 1.60. The standard InChI is InChI=1S/C21H18FN3O3/c1-28-21(27)15-3-2-4-17(11-15)25-20(26)19-10-9-18(13-24-19)23-12-14-5-7-16(22)8-6-14/h2-11,13,23H,12H2,1H3,(H,25,26). The summed E-state index contributed by atoms with van der Waals surface area (Å²) in [5, 5.41) is 5.85. The number of amides is 1. The van der Waals surface area contributed by atoms with Crippen LogP contribution in [0.3, 0.4) is 0 Å². The third-order valence-corrected chi connectivity index (χ3v) is 3.95. The van der Waals surface area contributed by atoms with E-state index in [1.807, 2.05) is 0 Å². The lowest BCUT2D eigenvalue weighted by Gasteiger charge is -2.08. The fourth-order valence-electron chi connectivity index (χ4n) is 2.48. The van der Waals surface area contributed by atoms with Crippen LogP contribution in [0.15, 0.2) is 66.9 Å². The monoisotopic (exact) mass is 379 g/mol. The second-order valence-corrected chi connectivity index (χ2v) is 5.94. The molecule has 2 N–H and O–H groups in total. The van der Waals surface area contributed by atoms with Gasteiger partial charge in [-0.25, -0.2) is 14.2 Å². The molecule has 1 heterocycles. The minimum atomic E-state index is -0.481. The molecule has 0 spiro atoms. The van der Waals surface area contributed by atoms with E-state index >= 15 is 0 Å². The molecule has 7 heteroatoms. The van der Waals surface area contributed by atoms with Crippen molar-refractivity contribution in [3.05, 3.63) is 89.5 Å². The number of nitrogens with zero attached hydrogens (tertiary/aromatic N) is 1. The molecule has 1 amide bonds. The van der Waals surface area contributed by atoms with E-state index in [1.54, 1.807) is 48.7 Å². The molecule has 2 aromatic carbocycles. The van der Waals surface area contributed by atoms with Crippen LogP contribution in [0.4, 0.5) is 15.8 Å². The van der Waals surface area contributed by atoms with Gasteiger partial charge in [-0.2, -0.15) is 0 Å². The Kier molecular flexibility index (Phi) is 5.96. The van der Waals surface area contributed by atoms with E-state index in [-0.39, 0.29) is 11.5 Å². The molecule has 0 fully saturated rings. The van der Waals surface area contributed by atoms with Gasteiger partial charge in [-0.1, -0.05) is 18.2 Å². The van der Waals surface area contributed by atoms with Crippen LogP contribution in [-0.4, -0.2) is 24.0 Å². The van der Waals surface area contributed by atoms with Crippen molar-refractivity contribution in [2.45, 2.75) is 6.54 Å². The number of methoxy groups -OCH3 is 1. The van der Waals surface area contributed by atoms with Crippen molar-refractivity contribution < 1.29 is 18.7 Å². The molecule has 28 heavy (non-hydrogen) atoms. The highest BCUT2D eigenvalue weighted by atomic mass is 19.1. The summed E-state index contributed by atoms with van der Waals surface area (Å²) in [6.07, 6.45) is 1.54. The van der Waals surface area contributed by atoms with Crippen LogP contribution in [0.25, 0.3) is 0 Å². The third kappa shape index (κ3) is 4.91. The number of aromatic nitrogens is 1. The first kappa shape index (κ1) is 19.0. The quantitative estimate of drug-likeness (QED) is 0.636. The fraction of sp³-hybridized carbons (Fsp3) is 0.0952. The lowest BCUT2D eigenvalue weighted by molar-refractivity contribution is 0.0600. The molecule has 0 aliphatic carbocycles. The summed E-state index contributed by atoms with van der Waals surface area (Å²) in [7, 11) is 1.29. The van der Waals surface area contributed by atoms with E-state index in [1.165, 1.54) is 25.3 Å². The van der Waals surface area contributed by atoms with Crippen LogP contribution in [0.1, 0.15) is 26.4 Å². The third-order valence-electron chi connectivity index (χ3n) is 3.95. The summed E-state index contributed by atoms with van der Waals surface area (Å²) in [4.78, 5) is 28.1. The van der Waals surface area contributed by atoms with Crippen molar-refractivity contribution in [2.75, 3.05) is 17.7 Å². The number of rotatable bonds is 6. The Morgan fingerprint density at radius 2 is 1.82 bits per heavy atom. The van der Waals surface area contributed by atoms with E-state index < -0.39 is 11.9 Å². The maximum Gasteiger partial charge on any atom is 0.337 e. The normalized spacial score (nSPS) is 10.2. The topological polar surface area (TPSA) is 80.3 Å². The van der Waals surface area contributed by atoms with Gasteiger partial charge in [-0.15, -0.1) is 0 Å². The predicted octanol–water partition coefficient (Wildman–Crippen LogP) is 3.87. The zero-order valence-corrected chi connectivity index (χ0v) is 15.1. The summed E-state index contributed by atoms with van der Waals surface area (Å²) >= 11 is 0. The number of carbonyl (C=O) groups excluding carboxylic acids is 2. The minimum absolute atomic E-state index is 0.232. The summed E-state index contributed by atoms with van der Waals surface area (Å²) in [5.74, 6) is -1.16. The molecule has 0 atom stereocenters. The van der Waals surface area contributed by atoms with Crippen LogP contribution < -0.4 is 10.6 Å². The summed E-state index contributed by atoms with van der Waals surface area (Å²) in [5.41, 5.74) is 2.69. The number of hydrogen-bond acceptors (Lipinski definition) is 5. The minimum Gasteiger partial charge on any atom is -0.465 e. The maximum absolute atomic E-state index is 12.9. The van der Waals surface area contributed by atoms with Crippen molar-refractivity contribution in [1.29, 1.82) is 0 Å². The number of anilines is 2. The van der Waals surface area contributed by atoms with Crippen molar-refractivity contribution in [3.63, 3.8) is 0 Å². The molecule has 3 rings (SSSR count). The molecule has 1 aromatic heterocycles. The smallest absolute Gasteiger partial charge is 0.337 e. The molecule has 0 saturated heterocycles. The zero-order valence-electron chi connectivity index (χ0n) is 15.1. The Morgan fingerprint density at radius 1 is 1.04 bits per heavy atom. The maximum atomic E-state index is 12.9. The van der Waals surface area contributed by atoms with E-state index in [0.717, 1.165) is 11.3 Å². The summed E-state index contributed by atoms with van der Waals surface area (Å²) < 4.78 is 17.6. The molecule has 0 radical (unpaired) electrons. The van der Waals surface area contributed by atoms with E-state index in [9.17, 15) is 14.0 Å². The largest absolute Gasteiger partial charge is 0.465 e. The van der Waals surface area contributed by atoms with Crippen molar-refractivity contribution >= 4 is 23.3 Å². The van der Waals surface area contributed by atoms with Gasteiger partial charge in [-0.05, 0) is 48.0 Å². The molecule has 0 saturated carbocycles. The lowest BCUT2D eigenvalue weighted by atomic mass is 10.2. The highest BCUT2D eigenvalue weighted by Gasteiger charge is 2.10. The Labute approximate surface area is 161 Å². The number of halogens is 1. The van der Waals surface area contributed by atoms with Crippen LogP contribution in [0.5, 0.6) is 0 Å². The predicted molar refractivity (Wildman–Crippen MR) is 104 cm³/mol. The van der Waals surface area contributed by atoms with Gasteiger partial charge < -0.3 is 15.4 Å². The number of ether oxygens (including phenoxy) is 1. The number of carbonyl (C=O) groups is 2. The van der Waals surface area contributed by atoms with E-state index in [4.69, 9.17) is 0 Å². The SMILES string of the molecule is COC(=O)c1cccc(NC(=O)c2ccc(NCc3ccc(F)cc3)cn2)c1. The first-order chi connectivity index (χ1) is 13.5. The molecule has 3 aromatic rings. The van der Waals surface area contributed by atoms with Crippen molar-refractivity contribution in [3.8, 4) is 0 Å². The number of pyridine rings is 1. The average molecular weight is 379 g/mol. The number of hydrogen-bond donors (Lipinski definition) is 2. The molecule has 0 unspecified atom stereocenters. The lowest BCUT2D eigenvalue weighted by Crippen LogP contribution is -2.14. The summed E-state index contributed by atoms with van der Waals surface area (Å²) in [6.45, 7) is 0.508. The second kappa shape index (κ2) is 8.77. The zero-order chi connectivity index (χ0) is 19.9. The fourth-order valence-corrected chi connectivity index (χ4v) is 2.48. The Bertz CT molecular complexity index is 973. The van der Waals surface area contributed by atoms with E-state index in [0.29, 0.717) is 17.8 Å². The molecular formula is C21H18FN3O3. The molecule has 0 aliphatic heterocycles. The number of nitrogens with one attached hydrogen (secondary N) is 2. The van der Waals surface area contributed by atoms with Gasteiger partial charge in [0.05, 0.1) is 24.6 Å². The van der Waals surface area contributed by atoms with Gasteiger partial charge in [0.1, 0.15) is 11.5 Å². The molecule has 0 aliphatic rings. The molecule has 6 nitrogen and oxygen atoms in total. The first-order valence-electron chi connectivity index (χ1n) is 8.49. The molecular weight excluding hydrogens is 361 g/mol. The Hall–Kier alpha value is -3.74. The Morgan fingerprint density at radius 3 is 2.50 bits per heavy atom. The van der Waals surface area contributed by atoms with Crippen LogP contribution in [-0.2, 0) is 11.3 Å². The van der Waals surface area contributed by atoms with Gasteiger partial charge in [0.15, 0.2) is 0 Å². The van der Waals surface area contributed by atoms with Crippen LogP contribution in [0, 0.1) is 5.82 Å². The molecule has 142 valence electrons. The van der Waals surface area contributed by atoms with Crippen molar-refractivity contribution in [2.24, 2.45) is 0 Å². The number of benzene rings is 2. The average Bonchev–Trinajstić information content (AvgIpc) is 2.73. The van der Waals surface area contributed by atoms with Gasteiger partial charge in [-0.3, -0.25) is 4.79 Å². The second-order valence-electron chi connectivity index (χ2n) is 5.94. The van der Waals surface area contributed by atoms with Crippen LogP contribution in [0.2, 0.25) is 0 Å². The van der Waals surface area contributed by atoms with Gasteiger partial charge in [0.2, 0.25) is 0 Å². The molecule has 0 bridgehead atoms. The highest BCUT2D eigenvalue weighted by Crippen LogP contribution is 2.14. The van der Waals surface area contributed by atoms with Gasteiger partial charge in [0, 0.05) is 12.2 Å². The van der Waals surface area contributed by atoms with Gasteiger partial charge >= 0.3 is 5.97 Å². The highest BCUT2D eigenvalue weighted by molar-refractivity contribution is 6.03. The van der Waals surface area contributed by atoms with Crippen LogP contribution >= 0.6 is 0 Å².